The highest BCUT2D eigenvalue weighted by atomic mass is 35.5. The molecule has 16 heavy (non-hydrogen) atoms. The molecule has 0 spiro atoms. The van der Waals surface area contributed by atoms with Crippen LogP contribution in [0, 0.1) is 0 Å². The molecular weight excluding hydrogens is 226 g/mol. The summed E-state index contributed by atoms with van der Waals surface area (Å²) in [4.78, 5) is 3.94. The van der Waals surface area contributed by atoms with Crippen molar-refractivity contribution in [3.63, 3.8) is 0 Å². The Labute approximate surface area is 101 Å². The van der Waals surface area contributed by atoms with Crippen LogP contribution in [-0.2, 0) is 11.2 Å². The van der Waals surface area contributed by atoms with Crippen LogP contribution in [0.5, 0.6) is 0 Å². The van der Waals surface area contributed by atoms with Gasteiger partial charge in [-0.05, 0) is 31.9 Å². The Kier molecular flexibility index (Phi) is 5.69. The summed E-state index contributed by atoms with van der Waals surface area (Å²) in [6, 6.07) is 1.95. The van der Waals surface area contributed by atoms with Crippen LogP contribution < -0.4 is 11.3 Å². The molecule has 0 amide bonds. The van der Waals surface area contributed by atoms with Gasteiger partial charge in [-0.3, -0.25) is 16.3 Å². The normalized spacial score (nSPS) is 13.1. The zero-order chi connectivity index (χ0) is 12.0. The van der Waals surface area contributed by atoms with Gasteiger partial charge in [0, 0.05) is 18.4 Å². The van der Waals surface area contributed by atoms with Gasteiger partial charge >= 0.3 is 0 Å². The molecule has 0 radical (unpaired) electrons. The van der Waals surface area contributed by atoms with Gasteiger partial charge in [0.1, 0.15) is 0 Å². The van der Waals surface area contributed by atoms with Crippen LogP contribution in [0.25, 0.3) is 0 Å². The molecule has 5 heteroatoms. The molecule has 1 rings (SSSR count). The maximum atomic E-state index is 6.02. The second kappa shape index (κ2) is 6.81. The lowest BCUT2D eigenvalue weighted by Crippen LogP contribution is -2.41. The predicted molar refractivity (Wildman–Crippen MR) is 65.2 cm³/mol. The summed E-state index contributed by atoms with van der Waals surface area (Å²) >= 11 is 6.02. The number of nitrogens with one attached hydrogen (secondary N) is 1. The number of aromatic nitrogens is 1. The fourth-order valence-electron chi connectivity index (χ4n) is 1.31. The molecule has 0 bridgehead atoms. The fraction of sp³-hybridized carbons (Fsp3) is 0.545. The molecular formula is C11H18ClN3O. The van der Waals surface area contributed by atoms with Gasteiger partial charge in [0.2, 0.25) is 0 Å². The van der Waals surface area contributed by atoms with E-state index in [-0.39, 0.29) is 12.1 Å². The molecule has 0 saturated heterocycles. The number of ether oxygens (including phenoxy) is 1. The minimum absolute atomic E-state index is 0.0577. The molecule has 0 aliphatic carbocycles. The molecule has 1 heterocycles. The topological polar surface area (TPSA) is 60.2 Å². The lowest BCUT2D eigenvalue weighted by atomic mass is 10.1. The minimum atomic E-state index is 0.0577. The average Bonchev–Trinajstić information content (AvgIpc) is 2.26. The molecule has 3 N–H and O–H groups in total. The number of hydrogen-bond acceptors (Lipinski definition) is 4. The van der Waals surface area contributed by atoms with Gasteiger partial charge in [0.05, 0.1) is 17.7 Å². The monoisotopic (exact) mass is 243 g/mol. The summed E-state index contributed by atoms with van der Waals surface area (Å²) in [6.45, 7) is 4.55. The molecule has 1 atom stereocenters. The number of nitrogens with two attached hydrogens (primary N) is 1. The smallest absolute Gasteiger partial charge is 0.0639 e. The van der Waals surface area contributed by atoms with Gasteiger partial charge in [0.25, 0.3) is 0 Å². The van der Waals surface area contributed by atoms with E-state index in [1.54, 1.807) is 12.4 Å². The van der Waals surface area contributed by atoms with Crippen molar-refractivity contribution in [2.45, 2.75) is 32.4 Å². The van der Waals surface area contributed by atoms with Gasteiger partial charge in [0.15, 0.2) is 0 Å². The molecule has 0 fully saturated rings. The van der Waals surface area contributed by atoms with Crippen LogP contribution in [0.3, 0.4) is 0 Å². The summed E-state index contributed by atoms with van der Waals surface area (Å²) in [5.41, 5.74) is 3.75. The third kappa shape index (κ3) is 4.45. The van der Waals surface area contributed by atoms with Crippen LogP contribution in [0.4, 0.5) is 0 Å². The van der Waals surface area contributed by atoms with E-state index in [4.69, 9.17) is 22.2 Å². The Bertz CT molecular complexity index is 320. The first-order valence-corrected chi connectivity index (χ1v) is 5.67. The number of pyridine rings is 1. The van der Waals surface area contributed by atoms with E-state index in [2.05, 4.69) is 10.4 Å². The Balaban J connectivity index is 2.53. The molecule has 0 aromatic carbocycles. The average molecular weight is 244 g/mol. The highest BCUT2D eigenvalue weighted by Gasteiger charge is 2.11. The van der Waals surface area contributed by atoms with Gasteiger partial charge in [-0.15, -0.1) is 0 Å². The third-order valence-corrected chi connectivity index (χ3v) is 2.53. The first kappa shape index (κ1) is 13.4. The van der Waals surface area contributed by atoms with Crippen molar-refractivity contribution < 1.29 is 4.74 Å². The molecule has 0 aliphatic heterocycles. The quantitative estimate of drug-likeness (QED) is 0.588. The van der Waals surface area contributed by atoms with Crippen molar-refractivity contribution in [1.82, 2.24) is 10.4 Å². The van der Waals surface area contributed by atoms with Crippen LogP contribution in [0.15, 0.2) is 18.5 Å². The SMILES string of the molecule is CC(C)OCC(Cc1ccncc1Cl)NN. The van der Waals surface area contributed by atoms with Crippen molar-refractivity contribution in [3.8, 4) is 0 Å². The zero-order valence-corrected chi connectivity index (χ0v) is 10.4. The van der Waals surface area contributed by atoms with Gasteiger partial charge < -0.3 is 4.74 Å². The summed E-state index contributed by atoms with van der Waals surface area (Å²) in [7, 11) is 0. The van der Waals surface area contributed by atoms with E-state index >= 15 is 0 Å². The highest BCUT2D eigenvalue weighted by molar-refractivity contribution is 6.31. The summed E-state index contributed by atoms with van der Waals surface area (Å²) in [5.74, 6) is 5.47. The van der Waals surface area contributed by atoms with E-state index in [0.29, 0.717) is 11.6 Å². The van der Waals surface area contributed by atoms with E-state index < -0.39 is 0 Å². The number of nitrogens with zero attached hydrogens (tertiary/aromatic N) is 1. The van der Waals surface area contributed by atoms with Crippen LogP contribution in [0.2, 0.25) is 5.02 Å². The van der Waals surface area contributed by atoms with E-state index in [9.17, 15) is 0 Å². The first-order chi connectivity index (χ1) is 7.63. The lowest BCUT2D eigenvalue weighted by molar-refractivity contribution is 0.0613. The Hall–Kier alpha value is -0.680. The van der Waals surface area contributed by atoms with E-state index in [1.807, 2.05) is 19.9 Å². The molecule has 0 saturated carbocycles. The van der Waals surface area contributed by atoms with Crippen molar-refractivity contribution in [3.05, 3.63) is 29.0 Å². The fourth-order valence-corrected chi connectivity index (χ4v) is 1.51. The summed E-state index contributed by atoms with van der Waals surface area (Å²) < 4.78 is 5.51. The van der Waals surface area contributed by atoms with Crippen molar-refractivity contribution >= 4 is 11.6 Å². The molecule has 4 nitrogen and oxygen atoms in total. The number of halogens is 1. The van der Waals surface area contributed by atoms with Crippen molar-refractivity contribution in [2.24, 2.45) is 5.84 Å². The maximum absolute atomic E-state index is 6.02. The molecule has 90 valence electrons. The van der Waals surface area contributed by atoms with E-state index in [0.717, 1.165) is 12.0 Å². The van der Waals surface area contributed by atoms with E-state index in [1.165, 1.54) is 0 Å². The van der Waals surface area contributed by atoms with Crippen LogP contribution in [0.1, 0.15) is 19.4 Å². The van der Waals surface area contributed by atoms with Crippen molar-refractivity contribution in [1.29, 1.82) is 0 Å². The third-order valence-electron chi connectivity index (χ3n) is 2.19. The largest absolute Gasteiger partial charge is 0.377 e. The Morgan fingerprint density at radius 3 is 2.88 bits per heavy atom. The standard InChI is InChI=1S/C11H18ClN3O/c1-8(2)16-7-10(15-13)5-9-3-4-14-6-11(9)12/h3-4,6,8,10,15H,5,7,13H2,1-2H3. The molecule has 0 aliphatic rings. The number of hydrogen-bond donors (Lipinski definition) is 2. The lowest BCUT2D eigenvalue weighted by Gasteiger charge is -2.18. The predicted octanol–water partition coefficient (Wildman–Crippen LogP) is 1.53. The number of rotatable bonds is 6. The number of hydrazine groups is 1. The van der Waals surface area contributed by atoms with Gasteiger partial charge in [-0.25, -0.2) is 0 Å². The summed E-state index contributed by atoms with van der Waals surface area (Å²) in [6.07, 6.45) is 4.28. The van der Waals surface area contributed by atoms with Gasteiger partial charge in [-0.2, -0.15) is 0 Å². The van der Waals surface area contributed by atoms with Crippen LogP contribution in [-0.4, -0.2) is 23.7 Å². The molecule has 1 unspecified atom stereocenters. The van der Waals surface area contributed by atoms with Gasteiger partial charge in [-0.1, -0.05) is 11.6 Å². The molecule has 1 aromatic rings. The maximum Gasteiger partial charge on any atom is 0.0639 e. The molecule has 1 aromatic heterocycles. The first-order valence-electron chi connectivity index (χ1n) is 5.29. The Morgan fingerprint density at radius 1 is 1.56 bits per heavy atom. The second-order valence-electron chi connectivity index (χ2n) is 3.92. The highest BCUT2D eigenvalue weighted by Crippen LogP contribution is 2.15. The van der Waals surface area contributed by atoms with Crippen LogP contribution >= 0.6 is 11.6 Å². The second-order valence-corrected chi connectivity index (χ2v) is 4.32. The zero-order valence-electron chi connectivity index (χ0n) is 9.61. The van der Waals surface area contributed by atoms with Crippen molar-refractivity contribution in [2.75, 3.05) is 6.61 Å². The minimum Gasteiger partial charge on any atom is -0.377 e. The Morgan fingerprint density at radius 2 is 2.31 bits per heavy atom. The summed E-state index contributed by atoms with van der Waals surface area (Å²) in [5, 5.41) is 0.660.